The van der Waals surface area contributed by atoms with Crippen LogP contribution in [0.25, 0.3) is 0 Å². The fourth-order valence-electron chi connectivity index (χ4n) is 2.35. The van der Waals surface area contributed by atoms with Crippen molar-refractivity contribution in [2.45, 2.75) is 40.0 Å². The molecule has 1 heteroatoms. The van der Waals surface area contributed by atoms with Crippen molar-refractivity contribution in [3.05, 3.63) is 0 Å². The summed E-state index contributed by atoms with van der Waals surface area (Å²) in [6.45, 7) is 7.14. The SMILES string of the molecule is CC1CC(C)CC(C)C1.O. The van der Waals surface area contributed by atoms with Crippen molar-refractivity contribution in [2.75, 3.05) is 0 Å². The van der Waals surface area contributed by atoms with Gasteiger partial charge in [0.15, 0.2) is 0 Å². The Bertz CT molecular complexity index is 65.7. The van der Waals surface area contributed by atoms with Gasteiger partial charge in [-0.1, -0.05) is 20.8 Å². The molecular weight excluding hydrogens is 124 g/mol. The molecule has 0 aliphatic heterocycles. The fourth-order valence-corrected chi connectivity index (χ4v) is 2.35. The van der Waals surface area contributed by atoms with E-state index in [0.29, 0.717) is 0 Å². The van der Waals surface area contributed by atoms with Gasteiger partial charge in [-0.25, -0.2) is 0 Å². The van der Waals surface area contributed by atoms with E-state index in [-0.39, 0.29) is 5.48 Å². The molecule has 0 amide bonds. The Morgan fingerprint density at radius 2 is 0.900 bits per heavy atom. The third kappa shape index (κ3) is 2.70. The molecule has 0 heterocycles. The zero-order chi connectivity index (χ0) is 6.85. The summed E-state index contributed by atoms with van der Waals surface area (Å²) in [6.07, 6.45) is 4.39. The normalized spacial score (nSPS) is 40.5. The Hall–Kier alpha value is -0.0400. The number of hydrogen-bond acceptors (Lipinski definition) is 0. The number of hydrogen-bond donors (Lipinski definition) is 0. The van der Waals surface area contributed by atoms with Gasteiger partial charge < -0.3 is 5.48 Å². The van der Waals surface area contributed by atoms with Gasteiger partial charge in [-0.05, 0) is 37.0 Å². The molecule has 1 aliphatic rings. The first-order valence-corrected chi connectivity index (χ1v) is 4.18. The molecule has 0 unspecified atom stereocenters. The minimum atomic E-state index is 0. The Kier molecular flexibility index (Phi) is 3.95. The van der Waals surface area contributed by atoms with E-state index in [1.807, 2.05) is 0 Å². The Morgan fingerprint density at radius 3 is 1.10 bits per heavy atom. The molecule has 1 fully saturated rings. The summed E-state index contributed by atoms with van der Waals surface area (Å²) < 4.78 is 0. The van der Waals surface area contributed by atoms with Crippen LogP contribution in [-0.4, -0.2) is 5.48 Å². The summed E-state index contributed by atoms with van der Waals surface area (Å²) in [4.78, 5) is 0. The van der Waals surface area contributed by atoms with Crippen molar-refractivity contribution < 1.29 is 5.48 Å². The van der Waals surface area contributed by atoms with E-state index < -0.39 is 0 Å². The average Bonchev–Trinajstić information content (AvgIpc) is 1.59. The van der Waals surface area contributed by atoms with E-state index in [1.165, 1.54) is 19.3 Å². The van der Waals surface area contributed by atoms with Gasteiger partial charge in [0.1, 0.15) is 0 Å². The van der Waals surface area contributed by atoms with E-state index in [1.54, 1.807) is 0 Å². The molecule has 0 saturated heterocycles. The smallest absolute Gasteiger partial charge is 0.0438 e. The second-order valence-corrected chi connectivity index (χ2v) is 4.02. The van der Waals surface area contributed by atoms with Crippen LogP contribution in [0.1, 0.15) is 40.0 Å². The van der Waals surface area contributed by atoms with Crippen LogP contribution in [0, 0.1) is 17.8 Å². The predicted octanol–water partition coefficient (Wildman–Crippen LogP) is 2.25. The van der Waals surface area contributed by atoms with Crippen molar-refractivity contribution in [2.24, 2.45) is 17.8 Å². The zero-order valence-corrected chi connectivity index (χ0v) is 7.35. The van der Waals surface area contributed by atoms with E-state index in [2.05, 4.69) is 20.8 Å². The minimum Gasteiger partial charge on any atom is -0.412 e. The molecule has 1 saturated carbocycles. The molecule has 0 aromatic carbocycles. The highest BCUT2D eigenvalue weighted by Crippen LogP contribution is 2.31. The van der Waals surface area contributed by atoms with Gasteiger partial charge in [0.25, 0.3) is 0 Å². The van der Waals surface area contributed by atoms with Gasteiger partial charge in [-0.2, -0.15) is 0 Å². The van der Waals surface area contributed by atoms with E-state index >= 15 is 0 Å². The fraction of sp³-hybridized carbons (Fsp3) is 1.00. The summed E-state index contributed by atoms with van der Waals surface area (Å²) in [5.41, 5.74) is 0. The van der Waals surface area contributed by atoms with Crippen LogP contribution < -0.4 is 0 Å². The molecule has 10 heavy (non-hydrogen) atoms. The van der Waals surface area contributed by atoms with Crippen LogP contribution in [0.5, 0.6) is 0 Å². The van der Waals surface area contributed by atoms with Crippen molar-refractivity contribution in [1.82, 2.24) is 0 Å². The van der Waals surface area contributed by atoms with E-state index in [4.69, 9.17) is 0 Å². The second kappa shape index (κ2) is 3.97. The molecule has 2 N–H and O–H groups in total. The largest absolute Gasteiger partial charge is 0.412 e. The van der Waals surface area contributed by atoms with Crippen LogP contribution in [0.15, 0.2) is 0 Å². The highest BCUT2D eigenvalue weighted by Gasteiger charge is 2.19. The summed E-state index contributed by atoms with van der Waals surface area (Å²) in [5.74, 6) is 2.97. The van der Waals surface area contributed by atoms with Crippen LogP contribution >= 0.6 is 0 Å². The van der Waals surface area contributed by atoms with Crippen LogP contribution in [0.4, 0.5) is 0 Å². The van der Waals surface area contributed by atoms with Crippen molar-refractivity contribution in [1.29, 1.82) is 0 Å². The van der Waals surface area contributed by atoms with Crippen molar-refractivity contribution in [3.63, 3.8) is 0 Å². The maximum absolute atomic E-state index is 2.38. The lowest BCUT2D eigenvalue weighted by Crippen LogP contribution is -2.16. The topological polar surface area (TPSA) is 31.5 Å². The lowest BCUT2D eigenvalue weighted by atomic mass is 9.78. The molecule has 0 bridgehead atoms. The van der Waals surface area contributed by atoms with Crippen molar-refractivity contribution >= 4 is 0 Å². The summed E-state index contributed by atoms with van der Waals surface area (Å²) in [5, 5.41) is 0. The Balaban J connectivity index is 0.000000810. The lowest BCUT2D eigenvalue weighted by Gasteiger charge is -2.28. The molecule has 0 radical (unpaired) electrons. The third-order valence-electron chi connectivity index (χ3n) is 2.41. The van der Waals surface area contributed by atoms with Gasteiger partial charge >= 0.3 is 0 Å². The molecule has 1 aliphatic carbocycles. The average molecular weight is 144 g/mol. The quantitative estimate of drug-likeness (QED) is 0.499. The molecular formula is C9H20O. The van der Waals surface area contributed by atoms with Gasteiger partial charge in [-0.3, -0.25) is 0 Å². The molecule has 1 rings (SSSR count). The third-order valence-corrected chi connectivity index (χ3v) is 2.41. The maximum atomic E-state index is 2.38. The van der Waals surface area contributed by atoms with Crippen LogP contribution in [-0.2, 0) is 0 Å². The van der Waals surface area contributed by atoms with Gasteiger partial charge in [0.05, 0.1) is 0 Å². The summed E-state index contributed by atoms with van der Waals surface area (Å²) in [6, 6.07) is 0. The van der Waals surface area contributed by atoms with Gasteiger partial charge in [-0.15, -0.1) is 0 Å². The van der Waals surface area contributed by atoms with Crippen molar-refractivity contribution in [3.8, 4) is 0 Å². The van der Waals surface area contributed by atoms with Crippen LogP contribution in [0.2, 0.25) is 0 Å². The lowest BCUT2D eigenvalue weighted by molar-refractivity contribution is 0.233. The Morgan fingerprint density at radius 1 is 0.700 bits per heavy atom. The monoisotopic (exact) mass is 144 g/mol. The highest BCUT2D eigenvalue weighted by atomic mass is 16.0. The second-order valence-electron chi connectivity index (χ2n) is 4.02. The Labute approximate surface area is 64.1 Å². The first-order valence-electron chi connectivity index (χ1n) is 4.18. The highest BCUT2D eigenvalue weighted by molar-refractivity contribution is 4.71. The van der Waals surface area contributed by atoms with Gasteiger partial charge in [0.2, 0.25) is 0 Å². The molecule has 0 aromatic heterocycles. The minimum absolute atomic E-state index is 0. The summed E-state index contributed by atoms with van der Waals surface area (Å²) >= 11 is 0. The predicted molar refractivity (Wildman–Crippen MR) is 45.0 cm³/mol. The molecule has 0 atom stereocenters. The van der Waals surface area contributed by atoms with Gasteiger partial charge in [0, 0.05) is 0 Å². The standard InChI is InChI=1S/C9H18.H2O/c1-7-4-8(2)6-9(3)5-7;/h7-9H,4-6H2,1-3H3;1H2. The first kappa shape index (κ1) is 9.96. The van der Waals surface area contributed by atoms with E-state index in [9.17, 15) is 0 Å². The molecule has 0 spiro atoms. The summed E-state index contributed by atoms with van der Waals surface area (Å²) in [7, 11) is 0. The molecule has 62 valence electrons. The first-order chi connectivity index (χ1) is 4.18. The van der Waals surface area contributed by atoms with E-state index in [0.717, 1.165) is 17.8 Å². The number of rotatable bonds is 0. The van der Waals surface area contributed by atoms with Crippen LogP contribution in [0.3, 0.4) is 0 Å². The molecule has 1 nitrogen and oxygen atoms in total. The maximum Gasteiger partial charge on any atom is -0.0438 e. The zero-order valence-electron chi connectivity index (χ0n) is 7.35. The molecule has 0 aromatic rings.